The standard InChI is InChI=1S/C11H14FN/c12-11(7-13)10-5-8-3-1-2-4-9(8)6-10/h1-4,10-11H,5-7,13H2/t11-/m0/s1. The van der Waals surface area contributed by atoms with Gasteiger partial charge in [-0.15, -0.1) is 0 Å². The van der Waals surface area contributed by atoms with Crippen molar-refractivity contribution in [2.45, 2.75) is 19.0 Å². The Hall–Kier alpha value is -0.890. The highest BCUT2D eigenvalue weighted by molar-refractivity contribution is 5.32. The lowest BCUT2D eigenvalue weighted by Crippen LogP contribution is -2.25. The molecule has 0 amide bonds. The normalized spacial score (nSPS) is 18.6. The second kappa shape index (κ2) is 3.46. The van der Waals surface area contributed by atoms with Crippen molar-refractivity contribution in [1.29, 1.82) is 0 Å². The molecule has 0 radical (unpaired) electrons. The van der Waals surface area contributed by atoms with E-state index in [0.717, 1.165) is 12.8 Å². The van der Waals surface area contributed by atoms with Crippen LogP contribution in [0.5, 0.6) is 0 Å². The molecule has 0 saturated carbocycles. The predicted molar refractivity (Wildman–Crippen MR) is 51.3 cm³/mol. The minimum Gasteiger partial charge on any atom is -0.328 e. The van der Waals surface area contributed by atoms with Crippen molar-refractivity contribution in [3.05, 3.63) is 35.4 Å². The van der Waals surface area contributed by atoms with Crippen LogP contribution in [0.4, 0.5) is 4.39 Å². The van der Waals surface area contributed by atoms with Gasteiger partial charge in [-0.05, 0) is 29.9 Å². The lowest BCUT2D eigenvalue weighted by atomic mass is 10.0. The molecule has 1 aliphatic carbocycles. The zero-order valence-electron chi connectivity index (χ0n) is 7.54. The molecule has 0 aliphatic heterocycles. The summed E-state index contributed by atoms with van der Waals surface area (Å²) < 4.78 is 13.3. The predicted octanol–water partition coefficient (Wildman–Crippen LogP) is 1.70. The highest BCUT2D eigenvalue weighted by atomic mass is 19.1. The lowest BCUT2D eigenvalue weighted by molar-refractivity contribution is 0.241. The number of rotatable bonds is 2. The van der Waals surface area contributed by atoms with Gasteiger partial charge in [0, 0.05) is 6.54 Å². The molecular weight excluding hydrogens is 165 g/mol. The van der Waals surface area contributed by atoms with E-state index in [4.69, 9.17) is 5.73 Å². The molecule has 0 fully saturated rings. The van der Waals surface area contributed by atoms with Gasteiger partial charge in [0.25, 0.3) is 0 Å². The molecule has 70 valence electrons. The van der Waals surface area contributed by atoms with E-state index in [9.17, 15) is 4.39 Å². The minimum atomic E-state index is -0.840. The minimum absolute atomic E-state index is 0.113. The summed E-state index contributed by atoms with van der Waals surface area (Å²) in [6.45, 7) is 0.151. The number of benzene rings is 1. The molecule has 2 rings (SSSR count). The maximum Gasteiger partial charge on any atom is 0.116 e. The maximum atomic E-state index is 13.3. The van der Waals surface area contributed by atoms with Crippen LogP contribution in [0.3, 0.4) is 0 Å². The Balaban J connectivity index is 2.14. The molecule has 0 aromatic heterocycles. The van der Waals surface area contributed by atoms with E-state index < -0.39 is 6.17 Å². The third kappa shape index (κ3) is 1.59. The Bertz CT molecular complexity index is 273. The molecule has 1 aromatic carbocycles. The number of halogens is 1. The molecule has 0 saturated heterocycles. The number of alkyl halides is 1. The van der Waals surface area contributed by atoms with Gasteiger partial charge in [0.15, 0.2) is 0 Å². The number of hydrogen-bond donors (Lipinski definition) is 1. The highest BCUT2D eigenvalue weighted by Crippen LogP contribution is 2.29. The van der Waals surface area contributed by atoms with Crippen LogP contribution in [-0.2, 0) is 12.8 Å². The van der Waals surface area contributed by atoms with Crippen molar-refractivity contribution in [2.75, 3.05) is 6.54 Å². The number of hydrogen-bond acceptors (Lipinski definition) is 1. The highest BCUT2D eigenvalue weighted by Gasteiger charge is 2.27. The van der Waals surface area contributed by atoms with E-state index in [1.807, 2.05) is 12.1 Å². The fraction of sp³-hybridized carbons (Fsp3) is 0.455. The summed E-state index contributed by atoms with van der Waals surface area (Å²) in [5, 5.41) is 0. The van der Waals surface area contributed by atoms with E-state index in [0.29, 0.717) is 0 Å². The first kappa shape index (κ1) is 8.70. The summed E-state index contributed by atoms with van der Waals surface area (Å²) in [7, 11) is 0. The van der Waals surface area contributed by atoms with Gasteiger partial charge in [0.1, 0.15) is 6.17 Å². The van der Waals surface area contributed by atoms with Gasteiger partial charge in [-0.3, -0.25) is 0 Å². The average molecular weight is 179 g/mol. The van der Waals surface area contributed by atoms with Gasteiger partial charge in [-0.1, -0.05) is 24.3 Å². The molecule has 1 atom stereocenters. The molecule has 0 unspecified atom stereocenters. The zero-order valence-corrected chi connectivity index (χ0v) is 7.54. The molecule has 2 N–H and O–H groups in total. The molecule has 1 aliphatic rings. The third-order valence-electron chi connectivity index (χ3n) is 2.82. The van der Waals surface area contributed by atoms with Crippen molar-refractivity contribution in [2.24, 2.45) is 11.7 Å². The first-order valence-corrected chi connectivity index (χ1v) is 4.72. The summed E-state index contributed by atoms with van der Waals surface area (Å²) in [6, 6.07) is 8.19. The van der Waals surface area contributed by atoms with Gasteiger partial charge in [0.2, 0.25) is 0 Å². The monoisotopic (exact) mass is 179 g/mol. The van der Waals surface area contributed by atoms with Gasteiger partial charge < -0.3 is 5.73 Å². The van der Waals surface area contributed by atoms with Crippen LogP contribution < -0.4 is 5.73 Å². The van der Waals surface area contributed by atoms with Crippen LogP contribution in [0.2, 0.25) is 0 Å². The quantitative estimate of drug-likeness (QED) is 0.734. The largest absolute Gasteiger partial charge is 0.328 e. The van der Waals surface area contributed by atoms with Crippen molar-refractivity contribution in [3.8, 4) is 0 Å². The van der Waals surface area contributed by atoms with Crippen LogP contribution >= 0.6 is 0 Å². The summed E-state index contributed by atoms with van der Waals surface area (Å²) in [5.41, 5.74) is 7.90. The SMILES string of the molecule is NC[C@H](F)C1Cc2ccccc2C1. The van der Waals surface area contributed by atoms with Crippen LogP contribution in [0.25, 0.3) is 0 Å². The van der Waals surface area contributed by atoms with Crippen molar-refractivity contribution < 1.29 is 4.39 Å². The van der Waals surface area contributed by atoms with E-state index >= 15 is 0 Å². The average Bonchev–Trinajstić information content (AvgIpc) is 2.59. The Morgan fingerprint density at radius 2 is 1.85 bits per heavy atom. The van der Waals surface area contributed by atoms with Gasteiger partial charge >= 0.3 is 0 Å². The Kier molecular flexibility index (Phi) is 2.32. The first-order valence-electron chi connectivity index (χ1n) is 4.72. The summed E-state index contributed by atoms with van der Waals surface area (Å²) >= 11 is 0. The fourth-order valence-electron chi connectivity index (χ4n) is 2.04. The van der Waals surface area contributed by atoms with Gasteiger partial charge in [-0.25, -0.2) is 4.39 Å². The van der Waals surface area contributed by atoms with Crippen molar-refractivity contribution >= 4 is 0 Å². The van der Waals surface area contributed by atoms with E-state index in [1.165, 1.54) is 11.1 Å². The van der Waals surface area contributed by atoms with Crippen LogP contribution in [0.15, 0.2) is 24.3 Å². The van der Waals surface area contributed by atoms with Gasteiger partial charge in [0.05, 0.1) is 0 Å². The van der Waals surface area contributed by atoms with Crippen LogP contribution in [0.1, 0.15) is 11.1 Å². The maximum absolute atomic E-state index is 13.3. The molecule has 0 heterocycles. The lowest BCUT2D eigenvalue weighted by Gasteiger charge is -2.12. The Morgan fingerprint density at radius 1 is 1.31 bits per heavy atom. The molecule has 0 bridgehead atoms. The summed E-state index contributed by atoms with van der Waals surface area (Å²) in [6.07, 6.45) is 0.871. The van der Waals surface area contributed by atoms with Crippen molar-refractivity contribution in [1.82, 2.24) is 0 Å². The van der Waals surface area contributed by atoms with E-state index in [2.05, 4.69) is 12.1 Å². The topological polar surface area (TPSA) is 26.0 Å². The van der Waals surface area contributed by atoms with Crippen LogP contribution in [0, 0.1) is 5.92 Å². The first-order chi connectivity index (χ1) is 6.31. The number of nitrogens with two attached hydrogens (primary N) is 1. The molecule has 2 heteroatoms. The smallest absolute Gasteiger partial charge is 0.116 e. The van der Waals surface area contributed by atoms with Crippen molar-refractivity contribution in [3.63, 3.8) is 0 Å². The molecule has 1 nitrogen and oxygen atoms in total. The second-order valence-electron chi connectivity index (χ2n) is 3.69. The summed E-state index contributed by atoms with van der Waals surface area (Å²) in [5.74, 6) is 0.113. The molecule has 1 aromatic rings. The molecular formula is C11H14FN. The number of fused-ring (bicyclic) bond motifs is 1. The Labute approximate surface area is 77.8 Å². The molecule has 0 spiro atoms. The van der Waals surface area contributed by atoms with Crippen LogP contribution in [-0.4, -0.2) is 12.7 Å². The third-order valence-corrected chi connectivity index (χ3v) is 2.82. The zero-order chi connectivity index (χ0) is 9.26. The van der Waals surface area contributed by atoms with E-state index in [-0.39, 0.29) is 12.5 Å². The Morgan fingerprint density at radius 3 is 2.31 bits per heavy atom. The molecule has 13 heavy (non-hydrogen) atoms. The fourth-order valence-corrected chi connectivity index (χ4v) is 2.04. The second-order valence-corrected chi connectivity index (χ2v) is 3.69. The van der Waals surface area contributed by atoms with Gasteiger partial charge in [-0.2, -0.15) is 0 Å². The summed E-state index contributed by atoms with van der Waals surface area (Å²) in [4.78, 5) is 0. The van der Waals surface area contributed by atoms with E-state index in [1.54, 1.807) is 0 Å².